The number of amides is 2. The maximum absolute atomic E-state index is 11.7. The zero-order chi connectivity index (χ0) is 17.0. The normalized spacial score (nSPS) is 17.3. The van der Waals surface area contributed by atoms with E-state index in [1.54, 1.807) is 11.0 Å². The molecule has 0 radical (unpaired) electrons. The van der Waals surface area contributed by atoms with Crippen molar-refractivity contribution in [2.24, 2.45) is 11.7 Å². The standard InChI is InChI=1S/C14H17ClN4O4/c15-11-7-10(19(22)23)2-3-12(11)17-4-1-5-18-8-9(14(16)21)6-13(18)20/h2-3,7,9,17H,1,4-6,8H2,(H2,16,21)/t9-/m0/s1. The molecule has 1 aliphatic heterocycles. The van der Waals surface area contributed by atoms with Crippen molar-refractivity contribution in [2.45, 2.75) is 12.8 Å². The molecule has 8 nitrogen and oxygen atoms in total. The van der Waals surface area contributed by atoms with Gasteiger partial charge in [-0.15, -0.1) is 0 Å². The minimum absolute atomic E-state index is 0.0674. The molecule has 3 N–H and O–H groups in total. The summed E-state index contributed by atoms with van der Waals surface area (Å²) in [6.07, 6.45) is 0.835. The van der Waals surface area contributed by atoms with Crippen molar-refractivity contribution in [3.8, 4) is 0 Å². The van der Waals surface area contributed by atoms with Crippen molar-refractivity contribution in [3.63, 3.8) is 0 Å². The quantitative estimate of drug-likeness (QED) is 0.441. The number of non-ortho nitro benzene ring substituents is 1. The van der Waals surface area contributed by atoms with Gasteiger partial charge in [-0.2, -0.15) is 0 Å². The van der Waals surface area contributed by atoms with Crippen LogP contribution in [0.3, 0.4) is 0 Å². The monoisotopic (exact) mass is 340 g/mol. The molecule has 1 saturated heterocycles. The fourth-order valence-electron chi connectivity index (χ4n) is 2.43. The number of nitrogens with zero attached hydrogens (tertiary/aromatic N) is 2. The van der Waals surface area contributed by atoms with Gasteiger partial charge in [0, 0.05) is 38.2 Å². The highest BCUT2D eigenvalue weighted by atomic mass is 35.5. The molecule has 9 heteroatoms. The molecule has 1 heterocycles. The van der Waals surface area contributed by atoms with Crippen LogP contribution in [-0.4, -0.2) is 41.3 Å². The third-order valence-electron chi connectivity index (χ3n) is 3.70. The zero-order valence-corrected chi connectivity index (χ0v) is 13.1. The molecule has 1 atom stereocenters. The van der Waals surface area contributed by atoms with E-state index in [1.807, 2.05) is 0 Å². The van der Waals surface area contributed by atoms with Crippen LogP contribution in [0.1, 0.15) is 12.8 Å². The van der Waals surface area contributed by atoms with Gasteiger partial charge in [0.05, 0.1) is 21.6 Å². The third kappa shape index (κ3) is 4.32. The molecule has 1 aromatic rings. The van der Waals surface area contributed by atoms with E-state index in [4.69, 9.17) is 17.3 Å². The van der Waals surface area contributed by atoms with Crippen LogP contribution in [0.5, 0.6) is 0 Å². The van der Waals surface area contributed by atoms with E-state index in [0.29, 0.717) is 31.7 Å². The van der Waals surface area contributed by atoms with Gasteiger partial charge in [0.1, 0.15) is 0 Å². The van der Waals surface area contributed by atoms with Crippen LogP contribution in [0.25, 0.3) is 0 Å². The summed E-state index contributed by atoms with van der Waals surface area (Å²) >= 11 is 5.97. The number of nitrogens with two attached hydrogens (primary N) is 1. The van der Waals surface area contributed by atoms with Gasteiger partial charge in [-0.25, -0.2) is 0 Å². The van der Waals surface area contributed by atoms with E-state index >= 15 is 0 Å². The van der Waals surface area contributed by atoms with Crippen molar-refractivity contribution in [1.29, 1.82) is 0 Å². The summed E-state index contributed by atoms with van der Waals surface area (Å²) in [6, 6.07) is 4.20. The summed E-state index contributed by atoms with van der Waals surface area (Å²) in [7, 11) is 0. The van der Waals surface area contributed by atoms with Gasteiger partial charge in [0.25, 0.3) is 5.69 Å². The van der Waals surface area contributed by atoms with E-state index in [1.165, 1.54) is 12.1 Å². The number of carbonyl (C=O) groups is 2. The highest BCUT2D eigenvalue weighted by molar-refractivity contribution is 6.33. The maximum atomic E-state index is 11.7. The second kappa shape index (κ2) is 7.28. The molecule has 1 fully saturated rings. The lowest BCUT2D eigenvalue weighted by Gasteiger charge is -2.16. The minimum Gasteiger partial charge on any atom is -0.384 e. The zero-order valence-electron chi connectivity index (χ0n) is 12.3. The third-order valence-corrected chi connectivity index (χ3v) is 4.01. The fraction of sp³-hybridized carbons (Fsp3) is 0.429. The molecule has 0 unspecified atom stereocenters. The van der Waals surface area contributed by atoms with Gasteiger partial charge in [-0.05, 0) is 12.5 Å². The number of likely N-dealkylation sites (tertiary alicyclic amines) is 1. The van der Waals surface area contributed by atoms with Crippen LogP contribution in [0.4, 0.5) is 11.4 Å². The van der Waals surface area contributed by atoms with Crippen LogP contribution in [0.15, 0.2) is 18.2 Å². The lowest BCUT2D eigenvalue weighted by atomic mass is 10.1. The molecule has 0 aromatic heterocycles. The molecule has 2 amide bonds. The van der Waals surface area contributed by atoms with Crippen molar-refractivity contribution in [1.82, 2.24) is 4.90 Å². The van der Waals surface area contributed by atoms with E-state index in [-0.39, 0.29) is 23.0 Å². The van der Waals surface area contributed by atoms with Crippen molar-refractivity contribution >= 4 is 34.8 Å². The van der Waals surface area contributed by atoms with Crippen molar-refractivity contribution in [2.75, 3.05) is 25.0 Å². The number of benzene rings is 1. The number of nitro groups is 1. The summed E-state index contributed by atoms with van der Waals surface area (Å²) in [5.41, 5.74) is 5.74. The number of hydrogen-bond acceptors (Lipinski definition) is 5. The molecule has 1 aromatic carbocycles. The molecule has 23 heavy (non-hydrogen) atoms. The van der Waals surface area contributed by atoms with Crippen LogP contribution in [-0.2, 0) is 9.59 Å². The summed E-state index contributed by atoms with van der Waals surface area (Å²) in [4.78, 5) is 34.6. The average Bonchev–Trinajstić information content (AvgIpc) is 2.86. The first-order valence-electron chi connectivity index (χ1n) is 7.13. The summed E-state index contributed by atoms with van der Waals surface area (Å²) in [5.74, 6) is -0.918. The second-order valence-corrected chi connectivity index (χ2v) is 5.75. The van der Waals surface area contributed by atoms with Crippen LogP contribution in [0, 0.1) is 16.0 Å². The Labute approximate surface area is 137 Å². The molecule has 1 aliphatic rings. The lowest BCUT2D eigenvalue weighted by molar-refractivity contribution is -0.384. The van der Waals surface area contributed by atoms with Gasteiger partial charge >= 0.3 is 0 Å². The summed E-state index contributed by atoms with van der Waals surface area (Å²) in [6.45, 7) is 1.43. The van der Waals surface area contributed by atoms with Crippen LogP contribution >= 0.6 is 11.6 Å². The molecule has 0 aliphatic carbocycles. The van der Waals surface area contributed by atoms with Gasteiger partial charge in [-0.3, -0.25) is 19.7 Å². The number of anilines is 1. The van der Waals surface area contributed by atoms with Crippen LogP contribution in [0.2, 0.25) is 5.02 Å². The molecule has 124 valence electrons. The van der Waals surface area contributed by atoms with Crippen LogP contribution < -0.4 is 11.1 Å². The fourth-order valence-corrected chi connectivity index (χ4v) is 2.67. The Morgan fingerprint density at radius 2 is 2.26 bits per heavy atom. The summed E-state index contributed by atoms with van der Waals surface area (Å²) < 4.78 is 0. The first kappa shape index (κ1) is 17.0. The molecule has 0 bridgehead atoms. The Kier molecular flexibility index (Phi) is 5.38. The van der Waals surface area contributed by atoms with Crippen molar-refractivity contribution in [3.05, 3.63) is 33.3 Å². The Morgan fingerprint density at radius 3 is 2.83 bits per heavy atom. The minimum atomic E-state index is -0.510. The number of primary amides is 1. The number of hydrogen-bond donors (Lipinski definition) is 2. The molecular formula is C14H17ClN4O4. The predicted molar refractivity (Wildman–Crippen MR) is 85.1 cm³/mol. The maximum Gasteiger partial charge on any atom is 0.271 e. The number of rotatable bonds is 7. The number of nitrogens with one attached hydrogen (secondary N) is 1. The Balaban J connectivity index is 1.79. The Morgan fingerprint density at radius 1 is 1.52 bits per heavy atom. The number of carbonyl (C=O) groups excluding carboxylic acids is 2. The second-order valence-electron chi connectivity index (χ2n) is 5.34. The Bertz CT molecular complexity index is 637. The van der Waals surface area contributed by atoms with Gasteiger partial charge < -0.3 is 16.0 Å². The van der Waals surface area contributed by atoms with Gasteiger partial charge in [0.15, 0.2) is 0 Å². The molecule has 0 saturated carbocycles. The smallest absolute Gasteiger partial charge is 0.271 e. The lowest BCUT2D eigenvalue weighted by Crippen LogP contribution is -2.30. The van der Waals surface area contributed by atoms with Gasteiger partial charge in [0.2, 0.25) is 11.8 Å². The average molecular weight is 341 g/mol. The van der Waals surface area contributed by atoms with Gasteiger partial charge in [-0.1, -0.05) is 11.6 Å². The van der Waals surface area contributed by atoms with E-state index in [2.05, 4.69) is 5.32 Å². The molecular weight excluding hydrogens is 324 g/mol. The first-order chi connectivity index (χ1) is 10.9. The highest BCUT2D eigenvalue weighted by Crippen LogP contribution is 2.26. The number of halogens is 1. The SMILES string of the molecule is NC(=O)[C@H]1CC(=O)N(CCCNc2ccc([N+](=O)[O-])cc2Cl)C1. The summed E-state index contributed by atoms with van der Waals surface area (Å²) in [5, 5.41) is 14.0. The first-order valence-corrected chi connectivity index (χ1v) is 7.51. The Hall–Kier alpha value is -2.35. The van der Waals surface area contributed by atoms with Crippen molar-refractivity contribution < 1.29 is 14.5 Å². The predicted octanol–water partition coefficient (Wildman–Crippen LogP) is 1.38. The number of nitro benzene ring substituents is 1. The molecule has 0 spiro atoms. The van der Waals surface area contributed by atoms with E-state index in [0.717, 1.165) is 0 Å². The molecule has 2 rings (SSSR count). The highest BCUT2D eigenvalue weighted by Gasteiger charge is 2.32. The van der Waals surface area contributed by atoms with E-state index < -0.39 is 16.7 Å². The topological polar surface area (TPSA) is 119 Å². The van der Waals surface area contributed by atoms with E-state index in [9.17, 15) is 19.7 Å². The largest absolute Gasteiger partial charge is 0.384 e.